The molecule has 0 amide bonds. The molecule has 0 aliphatic rings. The van der Waals surface area contributed by atoms with E-state index < -0.39 is 0 Å². The Kier molecular flexibility index (Phi) is 3.69. The van der Waals surface area contributed by atoms with Gasteiger partial charge in [0, 0.05) is 5.56 Å². The minimum Gasteiger partial charge on any atom is -0.207 e. The number of benzene rings is 1. The van der Waals surface area contributed by atoms with Crippen LogP contribution < -0.4 is 0 Å². The number of halogens is 1. The van der Waals surface area contributed by atoms with Gasteiger partial charge in [0.05, 0.1) is 0 Å². The van der Waals surface area contributed by atoms with Gasteiger partial charge in [-0.1, -0.05) is 44.2 Å². The average molecular weight is 178 g/mol. The second-order valence-corrected chi connectivity index (χ2v) is 3.17. The van der Waals surface area contributed by atoms with Crippen molar-refractivity contribution in [2.24, 2.45) is 0 Å². The normalized spacial score (nSPS) is 10.0. The third-order valence-electron chi connectivity index (χ3n) is 2.11. The van der Waals surface area contributed by atoms with E-state index in [9.17, 15) is 4.39 Å². The summed E-state index contributed by atoms with van der Waals surface area (Å²) < 4.78 is 12.9. The Hall–Kier alpha value is -1.11. The Labute approximate surface area is 79.1 Å². The third kappa shape index (κ3) is 2.69. The summed E-state index contributed by atoms with van der Waals surface area (Å²) in [4.78, 5) is 0. The Morgan fingerprint density at radius 3 is 2.69 bits per heavy atom. The molecule has 1 rings (SSSR count). The molecular formula is C12H15F. The smallest absolute Gasteiger partial charge is 0.123 e. The lowest BCUT2D eigenvalue weighted by molar-refractivity contribution is 0.750. The summed E-state index contributed by atoms with van der Waals surface area (Å²) in [6, 6.07) is 7.54. The van der Waals surface area contributed by atoms with Crippen LogP contribution in [0.2, 0.25) is 0 Å². The predicted molar refractivity (Wildman–Crippen MR) is 55.2 cm³/mol. The van der Waals surface area contributed by atoms with Crippen molar-refractivity contribution in [2.75, 3.05) is 0 Å². The first-order valence-corrected chi connectivity index (χ1v) is 4.68. The molecule has 0 saturated carbocycles. The zero-order chi connectivity index (χ0) is 9.68. The number of hydrogen-bond donors (Lipinski definition) is 0. The van der Waals surface area contributed by atoms with E-state index >= 15 is 0 Å². The van der Waals surface area contributed by atoms with E-state index in [2.05, 4.69) is 13.5 Å². The Balaban J connectivity index is 2.84. The van der Waals surface area contributed by atoms with Crippen LogP contribution in [0.5, 0.6) is 0 Å². The second-order valence-electron chi connectivity index (χ2n) is 3.17. The monoisotopic (exact) mass is 178 g/mol. The van der Waals surface area contributed by atoms with Crippen LogP contribution in [0.3, 0.4) is 0 Å². The van der Waals surface area contributed by atoms with Crippen LogP contribution in [-0.4, -0.2) is 0 Å². The molecule has 0 spiro atoms. The van der Waals surface area contributed by atoms with Gasteiger partial charge in [-0.2, -0.15) is 0 Å². The van der Waals surface area contributed by atoms with Crippen LogP contribution in [-0.2, 0) is 6.42 Å². The fourth-order valence-corrected chi connectivity index (χ4v) is 1.37. The van der Waals surface area contributed by atoms with Gasteiger partial charge in [-0.3, -0.25) is 0 Å². The molecule has 1 aromatic rings. The molecule has 1 aromatic carbocycles. The minimum absolute atomic E-state index is 0.327. The topological polar surface area (TPSA) is 0 Å². The SMILES string of the molecule is C=C(F)c1ccccc1CCCC. The summed E-state index contributed by atoms with van der Waals surface area (Å²) in [5, 5.41) is 0. The summed E-state index contributed by atoms with van der Waals surface area (Å²) in [5.41, 5.74) is 1.73. The fraction of sp³-hybridized carbons (Fsp3) is 0.333. The minimum atomic E-state index is -0.327. The lowest BCUT2D eigenvalue weighted by atomic mass is 10.0. The first kappa shape index (κ1) is 9.97. The molecule has 0 aromatic heterocycles. The van der Waals surface area contributed by atoms with E-state index in [1.807, 2.05) is 18.2 Å². The van der Waals surface area contributed by atoms with E-state index in [1.54, 1.807) is 6.07 Å². The third-order valence-corrected chi connectivity index (χ3v) is 2.11. The summed E-state index contributed by atoms with van der Waals surface area (Å²) in [5.74, 6) is -0.327. The number of aryl methyl sites for hydroxylation is 1. The highest BCUT2D eigenvalue weighted by atomic mass is 19.1. The van der Waals surface area contributed by atoms with Gasteiger partial charge in [0.15, 0.2) is 0 Å². The fourth-order valence-electron chi connectivity index (χ4n) is 1.37. The summed E-state index contributed by atoms with van der Waals surface area (Å²) in [7, 11) is 0. The highest BCUT2D eigenvalue weighted by Crippen LogP contribution is 2.20. The molecular weight excluding hydrogens is 163 g/mol. The van der Waals surface area contributed by atoms with Gasteiger partial charge in [0.25, 0.3) is 0 Å². The number of unbranched alkanes of at least 4 members (excludes halogenated alkanes) is 1. The van der Waals surface area contributed by atoms with Gasteiger partial charge < -0.3 is 0 Å². The van der Waals surface area contributed by atoms with Crippen LogP contribution in [0.25, 0.3) is 5.83 Å². The van der Waals surface area contributed by atoms with Crippen molar-refractivity contribution >= 4 is 5.83 Å². The standard InChI is InChI=1S/C12H15F/c1-3-4-7-11-8-5-6-9-12(11)10(2)13/h5-6,8-9H,2-4,7H2,1H3. The average Bonchev–Trinajstić information content (AvgIpc) is 2.15. The van der Waals surface area contributed by atoms with Crippen molar-refractivity contribution in [2.45, 2.75) is 26.2 Å². The van der Waals surface area contributed by atoms with Gasteiger partial charge in [0.2, 0.25) is 0 Å². The van der Waals surface area contributed by atoms with Crippen molar-refractivity contribution < 1.29 is 4.39 Å². The molecule has 0 nitrogen and oxygen atoms in total. The maximum atomic E-state index is 12.9. The van der Waals surface area contributed by atoms with Gasteiger partial charge in [-0.25, -0.2) is 4.39 Å². The molecule has 0 radical (unpaired) electrons. The van der Waals surface area contributed by atoms with Crippen LogP contribution >= 0.6 is 0 Å². The first-order chi connectivity index (χ1) is 6.25. The van der Waals surface area contributed by atoms with Gasteiger partial charge in [-0.15, -0.1) is 0 Å². The lowest BCUT2D eigenvalue weighted by Gasteiger charge is -2.05. The Bertz CT molecular complexity index is 289. The van der Waals surface area contributed by atoms with Crippen molar-refractivity contribution in [1.82, 2.24) is 0 Å². The van der Waals surface area contributed by atoms with Gasteiger partial charge in [-0.05, 0) is 18.4 Å². The highest BCUT2D eigenvalue weighted by molar-refractivity contribution is 5.60. The van der Waals surface area contributed by atoms with E-state index in [1.165, 1.54) is 0 Å². The summed E-state index contributed by atoms with van der Waals surface area (Å²) in [6.07, 6.45) is 3.17. The van der Waals surface area contributed by atoms with E-state index in [0.29, 0.717) is 5.56 Å². The quantitative estimate of drug-likeness (QED) is 0.654. The molecule has 0 aliphatic carbocycles. The van der Waals surface area contributed by atoms with Gasteiger partial charge >= 0.3 is 0 Å². The van der Waals surface area contributed by atoms with Crippen LogP contribution in [0, 0.1) is 0 Å². The zero-order valence-electron chi connectivity index (χ0n) is 8.02. The maximum Gasteiger partial charge on any atom is 0.123 e. The largest absolute Gasteiger partial charge is 0.207 e. The molecule has 0 aliphatic heterocycles. The van der Waals surface area contributed by atoms with Gasteiger partial charge in [0.1, 0.15) is 5.83 Å². The molecule has 0 bridgehead atoms. The number of rotatable bonds is 4. The molecule has 0 N–H and O–H groups in total. The van der Waals surface area contributed by atoms with Crippen LogP contribution in [0.1, 0.15) is 30.9 Å². The van der Waals surface area contributed by atoms with E-state index in [4.69, 9.17) is 0 Å². The Morgan fingerprint density at radius 2 is 2.08 bits per heavy atom. The number of hydrogen-bond acceptors (Lipinski definition) is 0. The van der Waals surface area contributed by atoms with E-state index in [0.717, 1.165) is 24.8 Å². The second kappa shape index (κ2) is 4.80. The zero-order valence-corrected chi connectivity index (χ0v) is 8.02. The van der Waals surface area contributed by atoms with Crippen molar-refractivity contribution in [3.8, 4) is 0 Å². The summed E-state index contributed by atoms with van der Waals surface area (Å²) in [6.45, 7) is 5.46. The van der Waals surface area contributed by atoms with E-state index in [-0.39, 0.29) is 5.83 Å². The predicted octanol–water partition coefficient (Wildman–Crippen LogP) is 3.97. The van der Waals surface area contributed by atoms with Crippen molar-refractivity contribution in [3.63, 3.8) is 0 Å². The molecule has 13 heavy (non-hydrogen) atoms. The molecule has 0 unspecified atom stereocenters. The molecule has 0 saturated heterocycles. The highest BCUT2D eigenvalue weighted by Gasteiger charge is 2.03. The Morgan fingerprint density at radius 1 is 1.38 bits per heavy atom. The van der Waals surface area contributed by atoms with Crippen molar-refractivity contribution in [1.29, 1.82) is 0 Å². The van der Waals surface area contributed by atoms with Crippen LogP contribution in [0.4, 0.5) is 4.39 Å². The molecule has 70 valence electrons. The van der Waals surface area contributed by atoms with Crippen molar-refractivity contribution in [3.05, 3.63) is 42.0 Å². The molecule has 0 heterocycles. The summed E-state index contributed by atoms with van der Waals surface area (Å²) >= 11 is 0. The molecule has 0 fully saturated rings. The molecule has 0 atom stereocenters. The van der Waals surface area contributed by atoms with Crippen LogP contribution in [0.15, 0.2) is 30.8 Å². The first-order valence-electron chi connectivity index (χ1n) is 4.68. The maximum absolute atomic E-state index is 12.9. The lowest BCUT2D eigenvalue weighted by Crippen LogP contribution is -1.90. The molecule has 1 heteroatoms.